The first kappa shape index (κ1) is 19.8. The van der Waals surface area contributed by atoms with Crippen molar-refractivity contribution in [3.63, 3.8) is 0 Å². The molecule has 2 aromatic rings. The number of nitro benzene ring substituents is 1. The van der Waals surface area contributed by atoms with Crippen molar-refractivity contribution in [3.8, 4) is 11.5 Å². The van der Waals surface area contributed by atoms with E-state index in [1.807, 2.05) is 31.2 Å². The highest BCUT2D eigenvalue weighted by Gasteiger charge is 2.23. The van der Waals surface area contributed by atoms with Gasteiger partial charge >= 0.3 is 0 Å². The summed E-state index contributed by atoms with van der Waals surface area (Å²) in [5.41, 5.74) is 1.42. The predicted molar refractivity (Wildman–Crippen MR) is 112 cm³/mol. The molecule has 1 aliphatic rings. The maximum Gasteiger partial charge on any atom is 0.270 e. The van der Waals surface area contributed by atoms with Crippen LogP contribution >= 0.6 is 24.0 Å². The zero-order chi connectivity index (χ0) is 20.1. The molecule has 0 aliphatic carbocycles. The van der Waals surface area contributed by atoms with Crippen molar-refractivity contribution >= 4 is 46.0 Å². The number of nitrogens with one attached hydrogen (secondary N) is 1. The molecule has 7 nitrogen and oxygen atoms in total. The molecule has 0 spiro atoms. The van der Waals surface area contributed by atoms with E-state index >= 15 is 0 Å². The maximum atomic E-state index is 11.9. The fourth-order valence-electron chi connectivity index (χ4n) is 2.47. The third-order valence-corrected chi connectivity index (χ3v) is 4.89. The van der Waals surface area contributed by atoms with Crippen LogP contribution in [0.25, 0.3) is 6.08 Å². The highest BCUT2D eigenvalue weighted by Crippen LogP contribution is 2.31. The number of carbonyl (C=O) groups excluding carboxylic acids is 1. The molecule has 0 bridgehead atoms. The molecule has 0 unspecified atom stereocenters. The van der Waals surface area contributed by atoms with Gasteiger partial charge in [-0.2, -0.15) is 0 Å². The van der Waals surface area contributed by atoms with E-state index in [0.717, 1.165) is 23.1 Å². The van der Waals surface area contributed by atoms with E-state index in [4.69, 9.17) is 21.7 Å². The highest BCUT2D eigenvalue weighted by molar-refractivity contribution is 8.26. The second-order valence-corrected chi connectivity index (χ2v) is 7.56. The quantitative estimate of drug-likeness (QED) is 0.241. The summed E-state index contributed by atoms with van der Waals surface area (Å²) in [7, 11) is 0. The lowest BCUT2D eigenvalue weighted by atomic mass is 10.1. The molecule has 1 fully saturated rings. The summed E-state index contributed by atoms with van der Waals surface area (Å²) in [5, 5.41) is 13.6. The number of rotatable bonds is 7. The Labute approximate surface area is 170 Å². The van der Waals surface area contributed by atoms with E-state index in [-0.39, 0.29) is 18.2 Å². The van der Waals surface area contributed by atoms with Gasteiger partial charge in [0.05, 0.1) is 9.83 Å². The summed E-state index contributed by atoms with van der Waals surface area (Å²) in [4.78, 5) is 22.8. The number of benzene rings is 2. The number of hydrogen-bond donors (Lipinski definition) is 1. The molecule has 1 heterocycles. The van der Waals surface area contributed by atoms with E-state index in [2.05, 4.69) is 5.32 Å². The van der Waals surface area contributed by atoms with Crippen LogP contribution in [0.3, 0.4) is 0 Å². The van der Waals surface area contributed by atoms with Gasteiger partial charge in [0.15, 0.2) is 0 Å². The zero-order valence-corrected chi connectivity index (χ0v) is 16.5. The average molecular weight is 416 g/mol. The number of non-ortho nitro benzene ring substituents is 1. The number of thiocarbonyl (C=S) groups is 1. The van der Waals surface area contributed by atoms with Crippen molar-refractivity contribution in [1.82, 2.24) is 5.32 Å². The third kappa shape index (κ3) is 5.08. The highest BCUT2D eigenvalue weighted by atomic mass is 32.2. The summed E-state index contributed by atoms with van der Waals surface area (Å²) in [5.74, 6) is 0.814. The van der Waals surface area contributed by atoms with Gasteiger partial charge < -0.3 is 14.8 Å². The molecule has 1 aliphatic heterocycles. The fraction of sp³-hybridized carbons (Fsp3) is 0.158. The molecular weight excluding hydrogens is 400 g/mol. The Balaban J connectivity index is 1.72. The molecule has 3 rings (SSSR count). The zero-order valence-electron chi connectivity index (χ0n) is 14.8. The summed E-state index contributed by atoms with van der Waals surface area (Å²) in [6, 6.07) is 11.9. The van der Waals surface area contributed by atoms with Crippen LogP contribution in [-0.2, 0) is 4.79 Å². The topological polar surface area (TPSA) is 90.7 Å². The molecule has 144 valence electrons. The van der Waals surface area contributed by atoms with Gasteiger partial charge in [-0.3, -0.25) is 14.9 Å². The molecule has 0 atom stereocenters. The minimum atomic E-state index is -0.501. The SMILES string of the molecule is Cc1cccc(OCCOc2ccc([N+](=O)[O-])cc2/C=C2/SC(=S)NC2=O)c1. The summed E-state index contributed by atoms with van der Waals surface area (Å²) >= 11 is 6.07. The van der Waals surface area contributed by atoms with Gasteiger partial charge in [-0.1, -0.05) is 36.1 Å². The van der Waals surface area contributed by atoms with Crippen LogP contribution in [0.5, 0.6) is 11.5 Å². The predicted octanol–water partition coefficient (Wildman–Crippen LogP) is 3.85. The number of aryl methyl sites for hydroxylation is 1. The molecule has 1 N–H and O–H groups in total. The van der Waals surface area contributed by atoms with Gasteiger partial charge in [-0.05, 0) is 36.8 Å². The van der Waals surface area contributed by atoms with Crippen molar-refractivity contribution in [2.24, 2.45) is 0 Å². The van der Waals surface area contributed by atoms with Crippen LogP contribution in [0.4, 0.5) is 5.69 Å². The van der Waals surface area contributed by atoms with Crippen LogP contribution in [0.15, 0.2) is 47.4 Å². The van der Waals surface area contributed by atoms with E-state index in [9.17, 15) is 14.9 Å². The Morgan fingerprint density at radius 3 is 2.68 bits per heavy atom. The molecule has 0 saturated carbocycles. The van der Waals surface area contributed by atoms with Crippen molar-refractivity contribution < 1.29 is 19.2 Å². The number of nitro groups is 1. The Hall–Kier alpha value is -2.91. The smallest absolute Gasteiger partial charge is 0.270 e. The maximum absolute atomic E-state index is 11.9. The first-order valence-corrected chi connectivity index (χ1v) is 9.50. The Kier molecular flexibility index (Phi) is 6.27. The van der Waals surface area contributed by atoms with Gasteiger partial charge in [-0.25, -0.2) is 0 Å². The van der Waals surface area contributed by atoms with Crippen molar-refractivity contribution in [2.75, 3.05) is 13.2 Å². The normalized spacial score (nSPS) is 14.8. The standard InChI is InChI=1S/C19H16N2O5S2/c1-12-3-2-4-15(9-12)25-7-8-26-16-6-5-14(21(23)24)10-13(16)11-17-18(22)20-19(27)28-17/h2-6,9-11H,7-8H2,1H3,(H,20,22,27)/b17-11+. The van der Waals surface area contributed by atoms with Gasteiger partial charge in [0.2, 0.25) is 0 Å². The minimum Gasteiger partial charge on any atom is -0.490 e. The van der Waals surface area contributed by atoms with E-state index in [1.54, 1.807) is 0 Å². The van der Waals surface area contributed by atoms with Crippen molar-refractivity contribution in [2.45, 2.75) is 6.92 Å². The third-order valence-electron chi connectivity index (χ3n) is 3.73. The number of nitrogens with zero attached hydrogens (tertiary/aromatic N) is 1. The van der Waals surface area contributed by atoms with Crippen LogP contribution in [0.2, 0.25) is 0 Å². The lowest BCUT2D eigenvalue weighted by Crippen LogP contribution is -2.17. The van der Waals surface area contributed by atoms with Crippen molar-refractivity contribution in [1.29, 1.82) is 0 Å². The van der Waals surface area contributed by atoms with E-state index in [0.29, 0.717) is 27.1 Å². The van der Waals surface area contributed by atoms with Gasteiger partial charge in [0, 0.05) is 17.7 Å². The number of thioether (sulfide) groups is 1. The monoisotopic (exact) mass is 416 g/mol. The first-order chi connectivity index (χ1) is 13.4. The lowest BCUT2D eigenvalue weighted by molar-refractivity contribution is -0.384. The average Bonchev–Trinajstić information content (AvgIpc) is 2.96. The van der Waals surface area contributed by atoms with Gasteiger partial charge in [-0.15, -0.1) is 0 Å². The molecule has 1 amide bonds. The molecule has 28 heavy (non-hydrogen) atoms. The molecule has 2 aromatic carbocycles. The first-order valence-electron chi connectivity index (χ1n) is 8.28. The molecule has 9 heteroatoms. The number of carbonyl (C=O) groups is 1. The minimum absolute atomic E-state index is 0.0961. The molecule has 0 radical (unpaired) electrons. The summed E-state index contributed by atoms with van der Waals surface area (Å²) in [6.07, 6.45) is 1.53. The number of hydrogen-bond acceptors (Lipinski definition) is 7. The van der Waals surface area contributed by atoms with Crippen LogP contribution in [0.1, 0.15) is 11.1 Å². The van der Waals surface area contributed by atoms with Crippen LogP contribution in [0, 0.1) is 17.0 Å². The summed E-state index contributed by atoms with van der Waals surface area (Å²) in [6.45, 7) is 2.51. The molecule has 1 saturated heterocycles. The fourth-order valence-corrected chi connectivity index (χ4v) is 3.51. The number of ether oxygens (including phenoxy) is 2. The van der Waals surface area contributed by atoms with E-state index < -0.39 is 4.92 Å². The van der Waals surface area contributed by atoms with Crippen molar-refractivity contribution in [3.05, 3.63) is 68.6 Å². The molecule has 0 aromatic heterocycles. The molecular formula is C19H16N2O5S2. The Morgan fingerprint density at radius 2 is 2.00 bits per heavy atom. The largest absolute Gasteiger partial charge is 0.490 e. The second kappa shape index (κ2) is 8.85. The van der Waals surface area contributed by atoms with E-state index in [1.165, 1.54) is 24.3 Å². The second-order valence-electron chi connectivity index (χ2n) is 5.84. The number of amides is 1. The van der Waals surface area contributed by atoms with Gasteiger partial charge in [0.1, 0.15) is 29.0 Å². The van der Waals surface area contributed by atoms with Gasteiger partial charge in [0.25, 0.3) is 11.6 Å². The lowest BCUT2D eigenvalue weighted by Gasteiger charge is -2.11. The van der Waals surface area contributed by atoms with Crippen LogP contribution in [-0.4, -0.2) is 28.4 Å². The Morgan fingerprint density at radius 1 is 1.21 bits per heavy atom. The Bertz CT molecular complexity index is 975. The van der Waals surface area contributed by atoms with Crippen LogP contribution < -0.4 is 14.8 Å². The summed E-state index contributed by atoms with van der Waals surface area (Å²) < 4.78 is 11.7.